The van der Waals surface area contributed by atoms with Crippen LogP contribution in [0.5, 0.6) is 0 Å². The summed E-state index contributed by atoms with van der Waals surface area (Å²) < 4.78 is 0. The number of aromatic nitrogens is 4. The highest BCUT2D eigenvalue weighted by molar-refractivity contribution is 5.85. The van der Waals surface area contributed by atoms with Crippen molar-refractivity contribution in [2.75, 3.05) is 0 Å². The van der Waals surface area contributed by atoms with Crippen LogP contribution in [0.2, 0.25) is 0 Å². The molecular formula is C26H42N4O2. The molecule has 0 amide bonds. The number of rotatable bonds is 5. The molecule has 1 aromatic rings. The van der Waals surface area contributed by atoms with E-state index in [1.54, 1.807) is 4.80 Å². The van der Waals surface area contributed by atoms with Gasteiger partial charge in [0.25, 0.3) is 0 Å². The Morgan fingerprint density at radius 1 is 1.16 bits per heavy atom. The average Bonchev–Trinajstić information content (AvgIpc) is 3.26. The SMILES string of the molecule is CCC[C@@]1(O)CC[C@H]2[C@H](CC[C@@H]3[C@@H]2CC[C@]2(C)[C@@H](C(C)Cn4nnc(C)n4)C(=O)C[C@@H]32)C1. The predicted molar refractivity (Wildman–Crippen MR) is 123 cm³/mol. The van der Waals surface area contributed by atoms with Gasteiger partial charge in [0, 0.05) is 12.3 Å². The minimum atomic E-state index is -0.413. The lowest BCUT2D eigenvalue weighted by Gasteiger charge is -2.57. The van der Waals surface area contributed by atoms with E-state index in [1.165, 1.54) is 32.1 Å². The second-order valence-electron chi connectivity index (χ2n) is 12.2. The fourth-order valence-electron chi connectivity index (χ4n) is 9.22. The van der Waals surface area contributed by atoms with Crippen molar-refractivity contribution in [2.24, 2.45) is 46.8 Å². The largest absolute Gasteiger partial charge is 0.390 e. The Hall–Kier alpha value is -1.30. The van der Waals surface area contributed by atoms with Gasteiger partial charge in [-0.2, -0.15) is 4.80 Å². The summed E-state index contributed by atoms with van der Waals surface area (Å²) in [7, 11) is 0. The predicted octanol–water partition coefficient (Wildman–Crippen LogP) is 4.60. The van der Waals surface area contributed by atoms with Crippen LogP contribution in [0.15, 0.2) is 0 Å². The first-order chi connectivity index (χ1) is 15.2. The number of aliphatic hydroxyl groups is 1. The lowest BCUT2D eigenvalue weighted by atomic mass is 9.48. The molecule has 4 aliphatic rings. The lowest BCUT2D eigenvalue weighted by Crippen LogP contribution is -2.51. The first kappa shape index (κ1) is 22.5. The van der Waals surface area contributed by atoms with E-state index in [0.717, 1.165) is 43.9 Å². The first-order valence-electron chi connectivity index (χ1n) is 13.2. The third kappa shape index (κ3) is 3.65. The average molecular weight is 443 g/mol. The standard InChI is InChI=1S/C26H42N4O2/c1-5-10-26(32)12-9-19-18(14-26)6-7-21-20(19)8-11-25(4)22(21)13-23(31)24(25)16(2)15-30-28-17(3)27-29-30/h16,18-22,24,32H,5-15H2,1-4H3/t16?,18-,19+,20-,21-,22+,24+,25+,26-/m1/s1. The van der Waals surface area contributed by atoms with Crippen molar-refractivity contribution >= 4 is 5.78 Å². The molecule has 0 spiro atoms. The highest BCUT2D eigenvalue weighted by atomic mass is 16.3. The van der Waals surface area contributed by atoms with Gasteiger partial charge in [0.05, 0.1) is 12.1 Å². The van der Waals surface area contributed by atoms with Crippen molar-refractivity contribution < 1.29 is 9.90 Å². The summed E-state index contributed by atoms with van der Waals surface area (Å²) in [5.41, 5.74) is -0.304. The minimum absolute atomic E-state index is 0.109. The van der Waals surface area contributed by atoms with Crippen molar-refractivity contribution in [1.82, 2.24) is 20.2 Å². The van der Waals surface area contributed by atoms with E-state index in [9.17, 15) is 9.90 Å². The van der Waals surface area contributed by atoms with E-state index >= 15 is 0 Å². The maximum absolute atomic E-state index is 13.4. The zero-order valence-electron chi connectivity index (χ0n) is 20.5. The monoisotopic (exact) mass is 442 g/mol. The zero-order chi connectivity index (χ0) is 22.7. The topological polar surface area (TPSA) is 80.9 Å². The molecule has 0 radical (unpaired) electrons. The van der Waals surface area contributed by atoms with Crippen LogP contribution in [0, 0.1) is 53.8 Å². The van der Waals surface area contributed by atoms with Crippen LogP contribution in [-0.2, 0) is 11.3 Å². The second-order valence-corrected chi connectivity index (χ2v) is 12.2. The molecule has 0 aromatic carbocycles. The number of carbonyl (C=O) groups is 1. The molecule has 6 heteroatoms. The van der Waals surface area contributed by atoms with Gasteiger partial charge in [-0.1, -0.05) is 27.2 Å². The highest BCUT2D eigenvalue weighted by Crippen LogP contribution is 2.65. The van der Waals surface area contributed by atoms with E-state index in [-0.39, 0.29) is 17.3 Å². The summed E-state index contributed by atoms with van der Waals surface area (Å²) in [5.74, 6) is 4.96. The van der Waals surface area contributed by atoms with E-state index in [4.69, 9.17) is 0 Å². The summed E-state index contributed by atoms with van der Waals surface area (Å²) in [5, 5.41) is 23.6. The van der Waals surface area contributed by atoms with E-state index in [1.807, 2.05) is 6.92 Å². The molecule has 6 nitrogen and oxygen atoms in total. The Morgan fingerprint density at radius 2 is 1.94 bits per heavy atom. The van der Waals surface area contributed by atoms with E-state index in [0.29, 0.717) is 35.9 Å². The molecule has 1 N–H and O–H groups in total. The fraction of sp³-hybridized carbons (Fsp3) is 0.923. The van der Waals surface area contributed by atoms with E-state index < -0.39 is 5.60 Å². The van der Waals surface area contributed by atoms with Crippen LogP contribution in [0.3, 0.4) is 0 Å². The minimum Gasteiger partial charge on any atom is -0.390 e. The smallest absolute Gasteiger partial charge is 0.171 e. The number of ketones is 1. The number of hydrogen-bond acceptors (Lipinski definition) is 5. The Morgan fingerprint density at radius 3 is 2.66 bits per heavy atom. The van der Waals surface area contributed by atoms with Crippen LogP contribution in [0.25, 0.3) is 0 Å². The van der Waals surface area contributed by atoms with Gasteiger partial charge in [0.15, 0.2) is 5.82 Å². The zero-order valence-corrected chi connectivity index (χ0v) is 20.5. The molecule has 1 aromatic heterocycles. The molecular weight excluding hydrogens is 400 g/mol. The summed E-state index contributed by atoms with van der Waals surface area (Å²) in [6.45, 7) is 9.37. The molecule has 178 valence electrons. The van der Waals surface area contributed by atoms with Gasteiger partial charge >= 0.3 is 0 Å². The number of nitrogens with zero attached hydrogens (tertiary/aromatic N) is 4. The molecule has 1 heterocycles. The fourth-order valence-corrected chi connectivity index (χ4v) is 9.22. The van der Waals surface area contributed by atoms with Crippen molar-refractivity contribution in [1.29, 1.82) is 0 Å². The maximum Gasteiger partial charge on any atom is 0.171 e. The van der Waals surface area contributed by atoms with Gasteiger partial charge in [0.1, 0.15) is 5.78 Å². The molecule has 0 aliphatic heterocycles. The Bertz CT molecular complexity index is 855. The molecule has 4 saturated carbocycles. The number of fused-ring (bicyclic) bond motifs is 5. The van der Waals surface area contributed by atoms with Crippen LogP contribution in [0.4, 0.5) is 0 Å². The van der Waals surface area contributed by atoms with Crippen molar-refractivity contribution in [3.8, 4) is 0 Å². The van der Waals surface area contributed by atoms with Crippen molar-refractivity contribution in [3.63, 3.8) is 0 Å². The molecule has 5 rings (SSSR count). The van der Waals surface area contributed by atoms with Crippen LogP contribution in [-0.4, -0.2) is 36.7 Å². The van der Waals surface area contributed by atoms with Gasteiger partial charge in [-0.25, -0.2) is 0 Å². The number of Topliss-reactive ketones (excluding diaryl/α,β-unsaturated/α-hetero) is 1. The Balaban J connectivity index is 1.32. The summed E-state index contributed by atoms with van der Waals surface area (Å²) in [6.07, 6.45) is 10.9. The van der Waals surface area contributed by atoms with Gasteiger partial charge in [-0.3, -0.25) is 4.79 Å². The molecule has 0 bridgehead atoms. The first-order valence-corrected chi connectivity index (χ1v) is 13.2. The third-order valence-electron chi connectivity index (χ3n) is 10.3. The van der Waals surface area contributed by atoms with Crippen molar-refractivity contribution in [3.05, 3.63) is 5.82 Å². The molecule has 0 saturated heterocycles. The van der Waals surface area contributed by atoms with Gasteiger partial charge in [-0.15, -0.1) is 10.2 Å². The molecule has 9 atom stereocenters. The van der Waals surface area contributed by atoms with Gasteiger partial charge in [-0.05, 0) is 104 Å². The number of aryl methyl sites for hydroxylation is 1. The molecule has 1 unspecified atom stereocenters. The van der Waals surface area contributed by atoms with Gasteiger partial charge in [0.2, 0.25) is 0 Å². The van der Waals surface area contributed by atoms with Crippen LogP contribution >= 0.6 is 0 Å². The van der Waals surface area contributed by atoms with Crippen LogP contribution < -0.4 is 0 Å². The third-order valence-corrected chi connectivity index (χ3v) is 10.3. The van der Waals surface area contributed by atoms with Crippen molar-refractivity contribution in [2.45, 2.75) is 104 Å². The molecule has 4 aliphatic carbocycles. The second kappa shape index (κ2) is 8.18. The lowest BCUT2D eigenvalue weighted by molar-refractivity contribution is -0.126. The Labute approximate surface area is 192 Å². The summed E-state index contributed by atoms with van der Waals surface area (Å²) >= 11 is 0. The molecule has 4 fully saturated rings. The Kier molecular flexibility index (Phi) is 5.75. The number of carbonyl (C=O) groups excluding carboxylic acids is 1. The maximum atomic E-state index is 13.4. The van der Waals surface area contributed by atoms with Gasteiger partial charge < -0.3 is 5.11 Å². The number of tetrazole rings is 1. The summed E-state index contributed by atoms with van der Waals surface area (Å²) in [4.78, 5) is 15.1. The quantitative estimate of drug-likeness (QED) is 0.721. The normalized spacial score (nSPS) is 44.6. The summed E-state index contributed by atoms with van der Waals surface area (Å²) in [6, 6.07) is 0. The molecule has 32 heavy (non-hydrogen) atoms. The number of hydrogen-bond donors (Lipinski definition) is 1. The highest BCUT2D eigenvalue weighted by Gasteiger charge is 2.61. The van der Waals surface area contributed by atoms with Crippen LogP contribution in [0.1, 0.15) is 90.8 Å². The van der Waals surface area contributed by atoms with E-state index in [2.05, 4.69) is 36.2 Å².